The van der Waals surface area contributed by atoms with Gasteiger partial charge in [0.1, 0.15) is 12.1 Å². The van der Waals surface area contributed by atoms with E-state index in [4.69, 9.17) is 0 Å². The minimum Gasteiger partial charge on any atom is -0.310 e. The maximum Gasteiger partial charge on any atom is 0.418 e. The third kappa shape index (κ3) is 5.08. The number of amides is 1. The van der Waals surface area contributed by atoms with E-state index < -0.39 is 17.6 Å². The van der Waals surface area contributed by atoms with E-state index >= 15 is 0 Å². The summed E-state index contributed by atoms with van der Waals surface area (Å²) in [7, 11) is 0. The van der Waals surface area contributed by atoms with Crippen molar-refractivity contribution in [1.29, 1.82) is 0 Å². The maximum absolute atomic E-state index is 13.5. The summed E-state index contributed by atoms with van der Waals surface area (Å²) < 4.78 is 43.2. The van der Waals surface area contributed by atoms with Gasteiger partial charge in [-0.2, -0.15) is 18.3 Å². The van der Waals surface area contributed by atoms with E-state index in [9.17, 15) is 18.0 Å². The van der Waals surface area contributed by atoms with Crippen molar-refractivity contribution in [1.82, 2.24) is 24.5 Å². The van der Waals surface area contributed by atoms with Crippen molar-refractivity contribution in [3.05, 3.63) is 77.7 Å². The Morgan fingerprint density at radius 2 is 1.82 bits per heavy atom. The number of carbonyl (C=O) groups excluding carboxylic acids is 1. The van der Waals surface area contributed by atoms with Gasteiger partial charge < -0.3 is 5.32 Å². The molecule has 0 bridgehead atoms. The van der Waals surface area contributed by atoms with Gasteiger partial charge in [0.05, 0.1) is 22.7 Å². The van der Waals surface area contributed by atoms with Crippen molar-refractivity contribution in [2.24, 2.45) is 0 Å². The van der Waals surface area contributed by atoms with E-state index in [2.05, 4.69) is 20.6 Å². The Hall–Kier alpha value is -3.60. The normalized spacial score (nSPS) is 11.5. The van der Waals surface area contributed by atoms with Gasteiger partial charge in [0.2, 0.25) is 5.91 Å². The molecule has 0 unspecified atom stereocenters. The number of aryl methyl sites for hydroxylation is 2. The highest BCUT2D eigenvalue weighted by atomic mass is 32.2. The number of hydrogen-bond donors (Lipinski definition) is 1. The highest BCUT2D eigenvalue weighted by Crippen LogP contribution is 2.34. The molecule has 1 amide bonds. The summed E-state index contributed by atoms with van der Waals surface area (Å²) in [5.74, 6) is -0.283. The van der Waals surface area contributed by atoms with Gasteiger partial charge in [-0.25, -0.2) is 4.68 Å². The topological polar surface area (TPSA) is 77.6 Å². The SMILES string of the molecule is Cc1ccc(-n2cnnc2SCC(=O)Nc2cc(C)nn2-c2ccccc2C(F)(F)F)cc1. The molecule has 0 saturated carbocycles. The molecule has 1 N–H and O–H groups in total. The lowest BCUT2D eigenvalue weighted by Gasteiger charge is -2.15. The van der Waals surface area contributed by atoms with Crippen LogP contribution in [0.5, 0.6) is 0 Å². The molecule has 4 aromatic rings. The second kappa shape index (κ2) is 9.10. The van der Waals surface area contributed by atoms with Crippen LogP contribution >= 0.6 is 11.8 Å². The Morgan fingerprint density at radius 3 is 2.55 bits per heavy atom. The molecule has 33 heavy (non-hydrogen) atoms. The van der Waals surface area contributed by atoms with Gasteiger partial charge in [-0.15, -0.1) is 10.2 Å². The van der Waals surface area contributed by atoms with Gasteiger partial charge in [-0.05, 0) is 38.1 Å². The number of anilines is 1. The van der Waals surface area contributed by atoms with Crippen molar-refractivity contribution >= 4 is 23.5 Å². The van der Waals surface area contributed by atoms with E-state index in [1.54, 1.807) is 17.8 Å². The molecule has 0 spiro atoms. The van der Waals surface area contributed by atoms with Gasteiger partial charge in [0.25, 0.3) is 0 Å². The lowest BCUT2D eigenvalue weighted by atomic mass is 10.1. The minimum atomic E-state index is -4.56. The molecule has 0 aliphatic rings. The molecule has 2 aromatic carbocycles. The van der Waals surface area contributed by atoms with E-state index in [1.807, 2.05) is 31.2 Å². The Labute approximate surface area is 191 Å². The van der Waals surface area contributed by atoms with Crippen molar-refractivity contribution in [2.45, 2.75) is 25.2 Å². The lowest BCUT2D eigenvalue weighted by Crippen LogP contribution is -2.19. The second-order valence-electron chi connectivity index (χ2n) is 7.25. The van der Waals surface area contributed by atoms with Crippen LogP contribution in [0.25, 0.3) is 11.4 Å². The zero-order valence-corrected chi connectivity index (χ0v) is 18.5. The first-order valence-electron chi connectivity index (χ1n) is 9.85. The standard InChI is InChI=1S/C22H19F3N6OS/c1-14-7-9-16(10-8-14)30-13-26-28-21(30)33-12-20(32)27-19-11-15(2)29-31(19)18-6-4-3-5-17(18)22(23,24)25/h3-11,13H,12H2,1-2H3,(H,27,32). The number of nitrogens with one attached hydrogen (secondary N) is 1. The van der Waals surface area contributed by atoms with E-state index in [-0.39, 0.29) is 17.3 Å². The van der Waals surface area contributed by atoms with Gasteiger partial charge in [-0.3, -0.25) is 9.36 Å². The highest BCUT2D eigenvalue weighted by molar-refractivity contribution is 7.99. The number of thioether (sulfide) groups is 1. The van der Waals surface area contributed by atoms with Crippen LogP contribution in [0, 0.1) is 13.8 Å². The molecule has 0 saturated heterocycles. The molecule has 0 fully saturated rings. The van der Waals surface area contributed by atoms with Crippen molar-refractivity contribution in [3.63, 3.8) is 0 Å². The smallest absolute Gasteiger partial charge is 0.310 e. The number of benzene rings is 2. The summed E-state index contributed by atoms with van der Waals surface area (Å²) in [5.41, 5.74) is 1.42. The lowest BCUT2D eigenvalue weighted by molar-refractivity contribution is -0.137. The van der Waals surface area contributed by atoms with Crippen LogP contribution in [0.15, 0.2) is 66.1 Å². The number of rotatable bonds is 6. The van der Waals surface area contributed by atoms with E-state index in [0.717, 1.165) is 33.8 Å². The Bertz CT molecular complexity index is 1280. The number of carbonyl (C=O) groups is 1. The van der Waals surface area contributed by atoms with Crippen LogP contribution in [-0.2, 0) is 11.0 Å². The fourth-order valence-electron chi connectivity index (χ4n) is 3.18. The van der Waals surface area contributed by atoms with Crippen LogP contribution in [0.2, 0.25) is 0 Å². The van der Waals surface area contributed by atoms with Crippen molar-refractivity contribution < 1.29 is 18.0 Å². The van der Waals surface area contributed by atoms with Gasteiger partial charge in [-0.1, -0.05) is 41.6 Å². The minimum absolute atomic E-state index is 0.0182. The number of hydrogen-bond acceptors (Lipinski definition) is 5. The van der Waals surface area contributed by atoms with Gasteiger partial charge >= 0.3 is 6.18 Å². The summed E-state index contributed by atoms with van der Waals surface area (Å²) in [6, 6.07) is 14.4. The molecule has 0 atom stereocenters. The molecular formula is C22H19F3N6OS. The number of nitrogens with zero attached hydrogens (tertiary/aromatic N) is 5. The van der Waals surface area contributed by atoms with Gasteiger partial charge in [0.15, 0.2) is 5.16 Å². The number of halogens is 3. The third-order valence-corrected chi connectivity index (χ3v) is 5.64. The Balaban J connectivity index is 1.51. The molecule has 0 radical (unpaired) electrons. The van der Waals surface area contributed by atoms with E-state index in [0.29, 0.717) is 10.9 Å². The summed E-state index contributed by atoms with van der Waals surface area (Å²) in [5, 5.41) is 15.3. The average molecular weight is 472 g/mol. The largest absolute Gasteiger partial charge is 0.418 e. The Morgan fingerprint density at radius 1 is 1.09 bits per heavy atom. The quantitative estimate of drug-likeness (QED) is 0.407. The molecule has 2 aromatic heterocycles. The first-order valence-corrected chi connectivity index (χ1v) is 10.8. The first-order chi connectivity index (χ1) is 15.7. The Kier molecular flexibility index (Phi) is 6.23. The number of aromatic nitrogens is 5. The zero-order chi connectivity index (χ0) is 23.6. The first kappa shape index (κ1) is 22.6. The molecule has 2 heterocycles. The molecular weight excluding hydrogens is 453 g/mol. The highest BCUT2D eigenvalue weighted by Gasteiger charge is 2.34. The summed E-state index contributed by atoms with van der Waals surface area (Å²) in [6.45, 7) is 3.62. The average Bonchev–Trinajstić information content (AvgIpc) is 3.38. The molecule has 4 rings (SSSR count). The maximum atomic E-state index is 13.5. The van der Waals surface area contributed by atoms with Crippen LogP contribution < -0.4 is 5.32 Å². The third-order valence-electron chi connectivity index (χ3n) is 4.70. The van der Waals surface area contributed by atoms with Crippen molar-refractivity contribution in [3.8, 4) is 11.4 Å². The van der Waals surface area contributed by atoms with Crippen molar-refractivity contribution in [2.75, 3.05) is 11.1 Å². The summed E-state index contributed by atoms with van der Waals surface area (Å²) in [6.07, 6.45) is -3.01. The fourth-order valence-corrected chi connectivity index (χ4v) is 3.91. The summed E-state index contributed by atoms with van der Waals surface area (Å²) >= 11 is 1.16. The van der Waals surface area contributed by atoms with Crippen LogP contribution in [0.1, 0.15) is 16.8 Å². The monoisotopic (exact) mass is 472 g/mol. The van der Waals surface area contributed by atoms with Gasteiger partial charge in [0, 0.05) is 11.8 Å². The molecule has 170 valence electrons. The fraction of sp³-hybridized carbons (Fsp3) is 0.182. The van der Waals surface area contributed by atoms with Crippen LogP contribution in [0.3, 0.4) is 0 Å². The zero-order valence-electron chi connectivity index (χ0n) is 17.7. The predicted octanol–water partition coefficient (Wildman–Crippen LogP) is 4.82. The van der Waals surface area contributed by atoms with Crippen LogP contribution in [0.4, 0.5) is 19.0 Å². The predicted molar refractivity (Wildman–Crippen MR) is 119 cm³/mol. The molecule has 11 heteroatoms. The number of para-hydroxylation sites is 1. The summed E-state index contributed by atoms with van der Waals surface area (Å²) in [4.78, 5) is 12.6. The number of alkyl halides is 3. The second-order valence-corrected chi connectivity index (χ2v) is 8.20. The molecule has 0 aliphatic carbocycles. The van der Waals surface area contributed by atoms with Crippen LogP contribution in [-0.4, -0.2) is 36.2 Å². The van der Waals surface area contributed by atoms with E-state index in [1.165, 1.54) is 24.3 Å². The molecule has 7 nitrogen and oxygen atoms in total. The molecule has 0 aliphatic heterocycles.